The van der Waals surface area contributed by atoms with Crippen LogP contribution in [0.2, 0.25) is 0 Å². The molecule has 5 atom stereocenters. The van der Waals surface area contributed by atoms with Gasteiger partial charge in [-0.3, -0.25) is 19.2 Å². The lowest BCUT2D eigenvalue weighted by molar-refractivity contribution is -0.166. The Labute approximate surface area is 226 Å². The fourth-order valence-corrected chi connectivity index (χ4v) is 3.18. The van der Waals surface area contributed by atoms with Crippen LogP contribution in [0.15, 0.2) is 18.2 Å². The summed E-state index contributed by atoms with van der Waals surface area (Å²) in [6.07, 6.45) is 3.00. The number of ether oxygens (including phenoxy) is 4. The smallest absolute Gasteiger partial charge is 0.323 e. The first-order chi connectivity index (χ1) is 17.9. The highest BCUT2D eigenvalue weighted by atomic mass is 16.6. The molecule has 0 aliphatic heterocycles. The van der Waals surface area contributed by atoms with E-state index in [1.165, 1.54) is 12.1 Å². The van der Waals surface area contributed by atoms with Crippen LogP contribution in [0, 0.1) is 11.8 Å². The summed E-state index contributed by atoms with van der Waals surface area (Å²) in [7, 11) is 0. The minimum atomic E-state index is -1.02. The van der Waals surface area contributed by atoms with Gasteiger partial charge in [0.05, 0.1) is 11.8 Å². The molecule has 1 rings (SSSR count). The minimum Gasteiger partial charge on any atom is -0.459 e. The average molecular weight is 536 g/mol. The number of unbranched alkanes of at least 4 members (excludes halogenated alkanes) is 2. The molecule has 2 N–H and O–H groups in total. The van der Waals surface area contributed by atoms with Gasteiger partial charge in [0.2, 0.25) is 0 Å². The van der Waals surface area contributed by atoms with E-state index in [4.69, 9.17) is 24.7 Å². The number of carbonyl (C=O) groups is 4. The Bertz CT molecular complexity index is 931. The van der Waals surface area contributed by atoms with Crippen molar-refractivity contribution in [3.05, 3.63) is 23.8 Å². The van der Waals surface area contributed by atoms with Gasteiger partial charge in [-0.15, -0.1) is 0 Å². The fraction of sp³-hybridized carbons (Fsp3) is 0.655. The van der Waals surface area contributed by atoms with Crippen molar-refractivity contribution in [1.29, 1.82) is 0 Å². The summed E-state index contributed by atoms with van der Waals surface area (Å²) >= 11 is 0. The molecule has 0 aliphatic carbocycles. The molecule has 0 bridgehead atoms. The summed E-state index contributed by atoms with van der Waals surface area (Å²) in [6, 6.07) is 3.69. The molecule has 0 heterocycles. The monoisotopic (exact) mass is 535 g/mol. The SMILES string of the molecule is CCCCCC(=O)O[C@@H](C)[C@H](C)OC(=O)[C@@H](N)Cc1ccc(OC(=O)C(C)CC)c(OC(=O)C(C)CC)c1. The first-order valence-electron chi connectivity index (χ1n) is 13.6. The maximum absolute atomic E-state index is 12.6. The number of hydrogen-bond donors (Lipinski definition) is 1. The van der Waals surface area contributed by atoms with Crippen LogP contribution in [-0.4, -0.2) is 42.1 Å². The van der Waals surface area contributed by atoms with Crippen LogP contribution < -0.4 is 15.2 Å². The molecule has 9 heteroatoms. The molecule has 0 fully saturated rings. The van der Waals surface area contributed by atoms with Gasteiger partial charge >= 0.3 is 23.9 Å². The van der Waals surface area contributed by atoms with Gasteiger partial charge in [0.25, 0.3) is 0 Å². The summed E-state index contributed by atoms with van der Waals surface area (Å²) in [6.45, 7) is 12.6. The zero-order valence-corrected chi connectivity index (χ0v) is 23.9. The molecule has 1 aromatic rings. The van der Waals surface area contributed by atoms with Gasteiger partial charge in [-0.2, -0.15) is 0 Å². The van der Waals surface area contributed by atoms with Crippen LogP contribution in [-0.2, 0) is 35.1 Å². The van der Waals surface area contributed by atoms with E-state index in [1.807, 2.05) is 13.8 Å². The first kappa shape index (κ1) is 33.1. The van der Waals surface area contributed by atoms with Crippen molar-refractivity contribution >= 4 is 23.9 Å². The van der Waals surface area contributed by atoms with Gasteiger partial charge in [-0.1, -0.05) is 53.5 Å². The number of nitrogens with two attached hydrogens (primary N) is 1. The van der Waals surface area contributed by atoms with Crippen molar-refractivity contribution in [2.24, 2.45) is 17.6 Å². The van der Waals surface area contributed by atoms with E-state index >= 15 is 0 Å². The largest absolute Gasteiger partial charge is 0.459 e. The van der Waals surface area contributed by atoms with Gasteiger partial charge in [-0.05, 0) is 57.2 Å². The van der Waals surface area contributed by atoms with E-state index in [-0.39, 0.29) is 35.7 Å². The van der Waals surface area contributed by atoms with Crippen molar-refractivity contribution < 1.29 is 38.1 Å². The standard InChI is InChI=1S/C29H45NO8/c1-8-11-12-13-26(31)35-20(6)21(7)36-29(34)23(30)16-22-14-15-24(37-27(32)18(4)9-2)25(17-22)38-28(33)19(5)10-3/h14-15,17-21,23H,8-13,16,30H2,1-7H3/t18?,19?,20-,21-,23-/m0/s1. The normalized spacial score (nSPS) is 14.9. The molecule has 1 aromatic carbocycles. The van der Waals surface area contributed by atoms with E-state index in [0.29, 0.717) is 24.8 Å². The molecule has 214 valence electrons. The Hall–Kier alpha value is -2.94. The second kappa shape index (κ2) is 16.8. The first-order valence-corrected chi connectivity index (χ1v) is 13.6. The Morgan fingerprint density at radius 3 is 1.87 bits per heavy atom. The molecule has 38 heavy (non-hydrogen) atoms. The summed E-state index contributed by atoms with van der Waals surface area (Å²) < 4.78 is 21.8. The lowest BCUT2D eigenvalue weighted by Crippen LogP contribution is -2.39. The Balaban J connectivity index is 2.89. The topological polar surface area (TPSA) is 131 Å². The fourth-order valence-electron chi connectivity index (χ4n) is 3.18. The third kappa shape index (κ3) is 11.2. The highest BCUT2D eigenvalue weighted by Crippen LogP contribution is 2.31. The van der Waals surface area contributed by atoms with E-state index in [9.17, 15) is 19.2 Å². The molecular weight excluding hydrogens is 490 g/mol. The van der Waals surface area contributed by atoms with Crippen molar-refractivity contribution in [3.8, 4) is 11.5 Å². The van der Waals surface area contributed by atoms with Gasteiger partial charge < -0.3 is 24.7 Å². The maximum Gasteiger partial charge on any atom is 0.323 e. The summed E-state index contributed by atoms with van der Waals surface area (Å²) in [5.41, 5.74) is 6.69. The Morgan fingerprint density at radius 2 is 1.32 bits per heavy atom. The molecule has 0 radical (unpaired) electrons. The predicted octanol–water partition coefficient (Wildman–Crippen LogP) is 4.90. The van der Waals surface area contributed by atoms with Crippen molar-refractivity contribution in [2.75, 3.05) is 0 Å². The molecule has 0 aromatic heterocycles. The van der Waals surface area contributed by atoms with Crippen LogP contribution in [0.4, 0.5) is 0 Å². The second-order valence-corrected chi connectivity index (χ2v) is 9.85. The number of hydrogen-bond acceptors (Lipinski definition) is 9. The van der Waals surface area contributed by atoms with Crippen molar-refractivity contribution in [2.45, 2.75) is 112 Å². The maximum atomic E-state index is 12.6. The second-order valence-electron chi connectivity index (χ2n) is 9.85. The lowest BCUT2D eigenvalue weighted by atomic mass is 10.1. The summed E-state index contributed by atoms with van der Waals surface area (Å²) in [5.74, 6) is -2.34. The summed E-state index contributed by atoms with van der Waals surface area (Å²) in [5, 5.41) is 0. The number of rotatable bonds is 16. The van der Waals surface area contributed by atoms with Crippen LogP contribution in [0.3, 0.4) is 0 Å². The van der Waals surface area contributed by atoms with Crippen molar-refractivity contribution in [3.63, 3.8) is 0 Å². The zero-order valence-electron chi connectivity index (χ0n) is 23.9. The molecule has 0 spiro atoms. The Kier molecular flexibility index (Phi) is 14.6. The van der Waals surface area contributed by atoms with E-state index in [1.54, 1.807) is 33.8 Å². The van der Waals surface area contributed by atoms with Crippen LogP contribution >= 0.6 is 0 Å². The number of esters is 4. The van der Waals surface area contributed by atoms with Gasteiger partial charge in [0, 0.05) is 6.42 Å². The molecule has 0 saturated carbocycles. The van der Waals surface area contributed by atoms with Crippen molar-refractivity contribution in [1.82, 2.24) is 0 Å². The molecule has 0 saturated heterocycles. The molecule has 0 aliphatic rings. The van der Waals surface area contributed by atoms with Crippen LogP contribution in [0.1, 0.15) is 92.6 Å². The highest BCUT2D eigenvalue weighted by molar-refractivity contribution is 5.79. The van der Waals surface area contributed by atoms with Gasteiger partial charge in [0.1, 0.15) is 18.2 Å². The molecule has 2 unspecified atom stereocenters. The van der Waals surface area contributed by atoms with E-state index in [2.05, 4.69) is 6.92 Å². The van der Waals surface area contributed by atoms with E-state index in [0.717, 1.165) is 19.3 Å². The molecule has 0 amide bonds. The van der Waals surface area contributed by atoms with Gasteiger partial charge in [0.15, 0.2) is 11.5 Å². The third-order valence-electron chi connectivity index (χ3n) is 6.48. The lowest BCUT2D eigenvalue weighted by Gasteiger charge is -2.22. The molecule has 9 nitrogen and oxygen atoms in total. The number of carbonyl (C=O) groups excluding carboxylic acids is 4. The van der Waals surface area contributed by atoms with Gasteiger partial charge in [-0.25, -0.2) is 0 Å². The summed E-state index contributed by atoms with van der Waals surface area (Å²) in [4.78, 5) is 49.4. The third-order valence-corrected chi connectivity index (χ3v) is 6.48. The zero-order chi connectivity index (χ0) is 28.8. The Morgan fingerprint density at radius 1 is 0.763 bits per heavy atom. The highest BCUT2D eigenvalue weighted by Gasteiger charge is 2.25. The number of benzene rings is 1. The van der Waals surface area contributed by atoms with Crippen LogP contribution in [0.5, 0.6) is 11.5 Å². The predicted molar refractivity (Wildman–Crippen MR) is 144 cm³/mol. The molecular formula is C29H45NO8. The van der Waals surface area contributed by atoms with E-state index < -0.39 is 36.2 Å². The quantitative estimate of drug-likeness (QED) is 0.178. The average Bonchev–Trinajstić information content (AvgIpc) is 2.88. The van der Waals surface area contributed by atoms with Crippen LogP contribution in [0.25, 0.3) is 0 Å². The minimum absolute atomic E-state index is 0.0852.